The molecule has 1 aromatic heterocycles. The van der Waals surface area contributed by atoms with Gasteiger partial charge in [-0.2, -0.15) is 4.31 Å². The quantitative estimate of drug-likeness (QED) is 0.219. The first kappa shape index (κ1) is 35.5. The largest absolute Gasteiger partial charge is 0.379 e. The molecule has 3 aromatic rings. The number of amides is 1. The normalized spacial score (nSPS) is 18.7. The van der Waals surface area contributed by atoms with Crippen LogP contribution < -0.4 is 10.0 Å². The SMILES string of the molecule is O=C(CSc1nnc(-c2cccc(S(=O)(=O)N3CCOCC3)c2)n1C1CCCCCC1)Nc1cccc(S(=O)(=O)NC2=NCCCCC2)c1. The molecule has 6 rings (SSSR count). The number of aliphatic imine (C=N–C) groups is 1. The Morgan fingerprint density at radius 3 is 2.41 bits per heavy atom. The zero-order valence-electron chi connectivity index (χ0n) is 27.4. The number of ether oxygens (including phenoxy) is 1. The number of hydrogen-bond acceptors (Lipinski definition) is 10. The van der Waals surface area contributed by atoms with Crippen LogP contribution >= 0.6 is 11.8 Å². The Balaban J connectivity index is 1.19. The van der Waals surface area contributed by atoms with Crippen LogP contribution in [0.4, 0.5) is 5.69 Å². The van der Waals surface area contributed by atoms with Gasteiger partial charge in [-0.3, -0.25) is 19.1 Å². The minimum absolute atomic E-state index is 0.0162. The van der Waals surface area contributed by atoms with Gasteiger partial charge in [-0.05, 0) is 56.0 Å². The molecular weight excluding hydrogens is 687 g/mol. The van der Waals surface area contributed by atoms with E-state index in [0.29, 0.717) is 67.3 Å². The van der Waals surface area contributed by atoms with E-state index in [9.17, 15) is 21.6 Å². The number of morpholine rings is 1. The second-order valence-electron chi connectivity index (χ2n) is 12.5. The Bertz CT molecular complexity index is 1870. The Kier molecular flexibility index (Phi) is 11.7. The van der Waals surface area contributed by atoms with Crippen LogP contribution in [0, 0.1) is 0 Å². The molecule has 264 valence electrons. The molecule has 2 fully saturated rings. The number of rotatable bonds is 10. The number of aromatic nitrogens is 3. The van der Waals surface area contributed by atoms with Gasteiger partial charge in [0.25, 0.3) is 10.0 Å². The number of carbonyl (C=O) groups is 1. The van der Waals surface area contributed by atoms with Gasteiger partial charge in [-0.25, -0.2) is 16.8 Å². The molecule has 16 heteroatoms. The average molecular weight is 730 g/mol. The smallest absolute Gasteiger partial charge is 0.262 e. The summed E-state index contributed by atoms with van der Waals surface area (Å²) in [6.45, 7) is 1.94. The van der Waals surface area contributed by atoms with Gasteiger partial charge in [0.1, 0.15) is 5.84 Å². The van der Waals surface area contributed by atoms with E-state index in [1.165, 1.54) is 28.2 Å². The summed E-state index contributed by atoms with van der Waals surface area (Å²) in [7, 11) is -7.57. The molecule has 1 saturated carbocycles. The lowest BCUT2D eigenvalue weighted by molar-refractivity contribution is -0.113. The van der Waals surface area contributed by atoms with Crippen LogP contribution in [0.2, 0.25) is 0 Å². The fourth-order valence-corrected chi connectivity index (χ4v) is 9.78. The van der Waals surface area contributed by atoms with Crippen LogP contribution in [-0.4, -0.2) is 86.2 Å². The van der Waals surface area contributed by atoms with Gasteiger partial charge in [-0.15, -0.1) is 10.2 Å². The highest BCUT2D eigenvalue weighted by Crippen LogP contribution is 2.36. The summed E-state index contributed by atoms with van der Waals surface area (Å²) in [6, 6.07) is 13.1. The number of sulfonamides is 2. The zero-order chi connectivity index (χ0) is 34.3. The second kappa shape index (κ2) is 16.1. The molecule has 1 saturated heterocycles. The Morgan fingerprint density at radius 2 is 1.61 bits per heavy atom. The molecule has 49 heavy (non-hydrogen) atoms. The van der Waals surface area contributed by atoms with Gasteiger partial charge in [0.05, 0.1) is 28.8 Å². The number of nitrogens with one attached hydrogen (secondary N) is 2. The topological polar surface area (TPSA) is 165 Å². The van der Waals surface area contributed by atoms with E-state index >= 15 is 0 Å². The molecule has 3 aliphatic rings. The summed E-state index contributed by atoms with van der Waals surface area (Å²) in [5.41, 5.74) is 1.00. The summed E-state index contributed by atoms with van der Waals surface area (Å²) in [4.78, 5) is 17.8. The van der Waals surface area contributed by atoms with Crippen LogP contribution in [0.5, 0.6) is 0 Å². The van der Waals surface area contributed by atoms with E-state index in [2.05, 4.69) is 29.8 Å². The Hall–Kier alpha value is -3.31. The molecule has 3 heterocycles. The summed E-state index contributed by atoms with van der Waals surface area (Å²) >= 11 is 1.25. The summed E-state index contributed by atoms with van der Waals surface area (Å²) in [6.07, 6.45) is 9.67. The third-order valence-electron chi connectivity index (χ3n) is 8.94. The Morgan fingerprint density at radius 1 is 0.878 bits per heavy atom. The van der Waals surface area contributed by atoms with Crippen molar-refractivity contribution in [3.05, 3.63) is 48.5 Å². The molecule has 1 aliphatic carbocycles. The van der Waals surface area contributed by atoms with Gasteiger partial charge in [0, 0.05) is 43.3 Å². The first-order valence-corrected chi connectivity index (χ1v) is 20.8. The maximum absolute atomic E-state index is 13.5. The van der Waals surface area contributed by atoms with Gasteiger partial charge >= 0.3 is 0 Å². The third-order valence-corrected chi connectivity index (χ3v) is 13.2. The highest BCUT2D eigenvalue weighted by Gasteiger charge is 2.29. The number of carbonyl (C=O) groups excluding carboxylic acids is 1. The summed E-state index contributed by atoms with van der Waals surface area (Å²) in [5, 5.41) is 12.4. The van der Waals surface area contributed by atoms with Crippen molar-refractivity contribution in [2.24, 2.45) is 4.99 Å². The van der Waals surface area contributed by atoms with E-state index in [-0.39, 0.29) is 27.5 Å². The monoisotopic (exact) mass is 729 g/mol. The molecule has 1 amide bonds. The summed E-state index contributed by atoms with van der Waals surface area (Å²) in [5.74, 6) is 0.724. The predicted octanol–water partition coefficient (Wildman–Crippen LogP) is 4.84. The maximum Gasteiger partial charge on any atom is 0.262 e. The van der Waals surface area contributed by atoms with Crippen molar-refractivity contribution in [3.8, 4) is 11.4 Å². The highest BCUT2D eigenvalue weighted by molar-refractivity contribution is 7.99. The molecule has 2 aromatic carbocycles. The number of benzene rings is 2. The van der Waals surface area contributed by atoms with Crippen LogP contribution in [-0.2, 0) is 29.6 Å². The Labute approximate surface area is 292 Å². The zero-order valence-corrected chi connectivity index (χ0v) is 29.9. The number of thioether (sulfide) groups is 1. The van der Waals surface area contributed by atoms with Gasteiger partial charge in [0.2, 0.25) is 15.9 Å². The first-order chi connectivity index (χ1) is 23.7. The van der Waals surface area contributed by atoms with Gasteiger partial charge < -0.3 is 10.1 Å². The van der Waals surface area contributed by atoms with Crippen molar-refractivity contribution in [3.63, 3.8) is 0 Å². The molecule has 2 N–H and O–H groups in total. The minimum atomic E-state index is -3.86. The molecule has 2 aliphatic heterocycles. The van der Waals surface area contributed by atoms with E-state index < -0.39 is 20.0 Å². The second-order valence-corrected chi connectivity index (χ2v) is 17.0. The van der Waals surface area contributed by atoms with Crippen LogP contribution in [0.25, 0.3) is 11.4 Å². The highest BCUT2D eigenvalue weighted by atomic mass is 32.2. The third kappa shape index (κ3) is 8.89. The van der Waals surface area contributed by atoms with Gasteiger partial charge in [0.15, 0.2) is 11.0 Å². The molecule has 0 unspecified atom stereocenters. The minimum Gasteiger partial charge on any atom is -0.379 e. The lowest BCUT2D eigenvalue weighted by Crippen LogP contribution is -2.40. The molecular formula is C33H43N7O6S3. The van der Waals surface area contributed by atoms with Crippen molar-refractivity contribution in [2.45, 2.75) is 85.2 Å². The molecule has 0 bridgehead atoms. The molecule has 13 nitrogen and oxygen atoms in total. The van der Waals surface area contributed by atoms with Gasteiger partial charge in [-0.1, -0.05) is 62.1 Å². The van der Waals surface area contributed by atoms with Crippen molar-refractivity contribution >= 4 is 49.2 Å². The van der Waals surface area contributed by atoms with E-state index in [0.717, 1.165) is 57.8 Å². The van der Waals surface area contributed by atoms with E-state index in [4.69, 9.17) is 4.74 Å². The van der Waals surface area contributed by atoms with Crippen molar-refractivity contribution in [1.82, 2.24) is 23.8 Å². The summed E-state index contributed by atoms with van der Waals surface area (Å²) < 4.78 is 64.5. The van der Waals surface area contributed by atoms with Crippen LogP contribution in [0.1, 0.15) is 70.3 Å². The average Bonchev–Trinajstić information content (AvgIpc) is 3.25. The predicted molar refractivity (Wildman–Crippen MR) is 189 cm³/mol. The lowest BCUT2D eigenvalue weighted by Gasteiger charge is -2.26. The first-order valence-electron chi connectivity index (χ1n) is 16.9. The maximum atomic E-state index is 13.5. The standard InChI is InChI=1S/C33H43N7O6S3/c41-31(35-26-11-9-14-28(23-26)48(42,43)38-30-16-6-3-7-17-34-30)24-47-33-37-36-32(40(33)27-12-4-1-2-5-13-27)25-10-8-15-29(22-25)49(44,45)39-18-20-46-21-19-39/h8-11,14-15,22-23,27H,1-7,12-13,16-21,24H2,(H,34,38)(H,35,41). The van der Waals surface area contributed by atoms with E-state index in [1.54, 1.807) is 30.3 Å². The number of amidine groups is 1. The number of hydrogen-bond donors (Lipinski definition) is 2. The van der Waals surface area contributed by atoms with Crippen molar-refractivity contribution < 1.29 is 26.4 Å². The lowest BCUT2D eigenvalue weighted by atomic mass is 10.1. The number of nitrogens with zero attached hydrogens (tertiary/aromatic N) is 5. The van der Waals surface area contributed by atoms with E-state index in [1.807, 2.05) is 6.07 Å². The molecule has 0 radical (unpaired) electrons. The van der Waals surface area contributed by atoms with Crippen molar-refractivity contribution in [2.75, 3.05) is 43.9 Å². The van der Waals surface area contributed by atoms with Crippen molar-refractivity contribution in [1.29, 1.82) is 0 Å². The molecule has 0 atom stereocenters. The fraction of sp³-hybridized carbons (Fsp3) is 0.515. The van der Waals surface area contributed by atoms with Crippen LogP contribution in [0.3, 0.4) is 0 Å². The van der Waals surface area contributed by atoms with Crippen LogP contribution in [0.15, 0.2) is 68.5 Å². The molecule has 0 spiro atoms. The number of anilines is 1. The fourth-order valence-electron chi connectivity index (χ4n) is 6.39.